The largest absolute Gasteiger partial charge is 0.357 e. The lowest BCUT2D eigenvalue weighted by Crippen LogP contribution is -2.43. The number of amides is 1. The Bertz CT molecular complexity index is 855. The Hall–Kier alpha value is -2.16. The maximum Gasteiger partial charge on any atom is 0.251 e. The molecule has 0 aliphatic rings. The van der Waals surface area contributed by atoms with Gasteiger partial charge in [-0.05, 0) is 49.2 Å². The number of carbonyl (C=O) groups excluding carboxylic acids is 1. The molecular weight excluding hydrogens is 494 g/mol. The van der Waals surface area contributed by atoms with E-state index in [0.717, 1.165) is 17.7 Å². The van der Waals surface area contributed by atoms with Gasteiger partial charge in [-0.3, -0.25) is 4.79 Å². The fourth-order valence-electron chi connectivity index (χ4n) is 2.90. The first-order chi connectivity index (χ1) is 13.9. The van der Waals surface area contributed by atoms with Crippen LogP contribution in [0.1, 0.15) is 49.2 Å². The Morgan fingerprint density at radius 3 is 2.37 bits per heavy atom. The third kappa shape index (κ3) is 7.93. The van der Waals surface area contributed by atoms with E-state index < -0.39 is 0 Å². The number of guanidine groups is 1. The van der Waals surface area contributed by atoms with Crippen LogP contribution in [0, 0.1) is 5.82 Å². The van der Waals surface area contributed by atoms with Crippen molar-refractivity contribution >= 4 is 35.8 Å². The first-order valence-corrected chi connectivity index (χ1v) is 10.0. The molecule has 0 atom stereocenters. The lowest BCUT2D eigenvalue weighted by atomic mass is 9.84. The molecule has 0 aliphatic carbocycles. The smallest absolute Gasteiger partial charge is 0.251 e. The molecule has 2 aromatic rings. The summed E-state index contributed by atoms with van der Waals surface area (Å²) in [4.78, 5) is 16.6. The molecule has 0 fully saturated rings. The van der Waals surface area contributed by atoms with Gasteiger partial charge in [-0.15, -0.1) is 24.0 Å². The molecular formula is C23H32FIN4O. The first kappa shape index (κ1) is 25.9. The molecule has 0 radical (unpaired) electrons. The van der Waals surface area contributed by atoms with Gasteiger partial charge in [0.2, 0.25) is 0 Å². The van der Waals surface area contributed by atoms with Crippen LogP contribution in [0.5, 0.6) is 0 Å². The van der Waals surface area contributed by atoms with E-state index in [4.69, 9.17) is 0 Å². The Balaban J connectivity index is 0.00000450. The second-order valence-electron chi connectivity index (χ2n) is 7.50. The third-order valence-electron chi connectivity index (χ3n) is 4.59. The standard InChI is InChI=1S/C23H31FN4O.HI/c1-5-25-21(29)18-10-7-9-17(13-18)15-27-22(26-6-2)28-16-23(3,4)19-11-8-12-20(24)14-19;/h7-14H,5-6,15-16H2,1-4H3,(H,25,29)(H2,26,27,28);1H. The van der Waals surface area contributed by atoms with Crippen LogP contribution in [0.15, 0.2) is 53.5 Å². The van der Waals surface area contributed by atoms with Crippen molar-refractivity contribution in [1.82, 2.24) is 16.0 Å². The zero-order valence-electron chi connectivity index (χ0n) is 18.1. The minimum Gasteiger partial charge on any atom is -0.357 e. The van der Waals surface area contributed by atoms with Gasteiger partial charge in [0, 0.05) is 30.6 Å². The minimum atomic E-state index is -0.267. The molecule has 2 aromatic carbocycles. The highest BCUT2D eigenvalue weighted by molar-refractivity contribution is 14.0. The Morgan fingerprint density at radius 2 is 1.70 bits per heavy atom. The van der Waals surface area contributed by atoms with E-state index in [0.29, 0.717) is 31.2 Å². The minimum absolute atomic E-state index is 0. The zero-order valence-corrected chi connectivity index (χ0v) is 20.4. The van der Waals surface area contributed by atoms with Gasteiger partial charge >= 0.3 is 0 Å². The highest BCUT2D eigenvalue weighted by Crippen LogP contribution is 2.22. The summed E-state index contributed by atoms with van der Waals surface area (Å²) >= 11 is 0. The number of rotatable bonds is 8. The van der Waals surface area contributed by atoms with Crippen LogP contribution in [-0.2, 0) is 12.0 Å². The second-order valence-corrected chi connectivity index (χ2v) is 7.50. The summed E-state index contributed by atoms with van der Waals surface area (Å²) in [6.07, 6.45) is 0. The molecule has 0 unspecified atom stereocenters. The molecule has 0 bridgehead atoms. The maximum absolute atomic E-state index is 13.6. The lowest BCUT2D eigenvalue weighted by molar-refractivity contribution is 0.0955. The Kier molecular flexibility index (Phi) is 10.8. The average Bonchev–Trinajstić information content (AvgIpc) is 2.70. The predicted octanol–water partition coefficient (Wildman–Crippen LogP) is 4.23. The molecule has 0 spiro atoms. The summed E-state index contributed by atoms with van der Waals surface area (Å²) in [7, 11) is 0. The van der Waals surface area contributed by atoms with Crippen molar-refractivity contribution in [3.8, 4) is 0 Å². The van der Waals surface area contributed by atoms with E-state index in [1.165, 1.54) is 6.07 Å². The van der Waals surface area contributed by atoms with E-state index in [1.807, 2.05) is 38.1 Å². The zero-order chi connectivity index (χ0) is 21.3. The van der Waals surface area contributed by atoms with Gasteiger partial charge in [-0.25, -0.2) is 9.38 Å². The van der Waals surface area contributed by atoms with E-state index in [9.17, 15) is 9.18 Å². The lowest BCUT2D eigenvalue weighted by Gasteiger charge is -2.27. The Morgan fingerprint density at radius 1 is 1.00 bits per heavy atom. The maximum atomic E-state index is 13.6. The first-order valence-electron chi connectivity index (χ1n) is 10.0. The predicted molar refractivity (Wildman–Crippen MR) is 132 cm³/mol. The molecule has 0 aromatic heterocycles. The number of hydrogen-bond acceptors (Lipinski definition) is 2. The van der Waals surface area contributed by atoms with Gasteiger partial charge < -0.3 is 16.0 Å². The van der Waals surface area contributed by atoms with E-state index in [-0.39, 0.29) is 41.1 Å². The molecule has 5 nitrogen and oxygen atoms in total. The number of benzene rings is 2. The molecule has 0 aliphatic heterocycles. The number of carbonyl (C=O) groups is 1. The highest BCUT2D eigenvalue weighted by Gasteiger charge is 2.21. The van der Waals surface area contributed by atoms with Crippen molar-refractivity contribution in [2.75, 3.05) is 19.6 Å². The van der Waals surface area contributed by atoms with E-state index in [2.05, 4.69) is 34.8 Å². The van der Waals surface area contributed by atoms with Gasteiger partial charge in [0.1, 0.15) is 5.82 Å². The van der Waals surface area contributed by atoms with Crippen molar-refractivity contribution in [1.29, 1.82) is 0 Å². The summed E-state index contributed by atoms with van der Waals surface area (Å²) in [6, 6.07) is 14.1. The molecule has 164 valence electrons. The molecule has 0 heterocycles. The molecule has 2 rings (SSSR count). The summed E-state index contributed by atoms with van der Waals surface area (Å²) in [5.41, 5.74) is 2.24. The van der Waals surface area contributed by atoms with Crippen molar-refractivity contribution in [2.45, 2.75) is 39.7 Å². The molecule has 0 saturated heterocycles. The molecule has 0 saturated carbocycles. The van der Waals surface area contributed by atoms with Crippen LogP contribution in [0.25, 0.3) is 0 Å². The van der Waals surface area contributed by atoms with Gasteiger partial charge in [0.05, 0.1) is 6.54 Å². The fourth-order valence-corrected chi connectivity index (χ4v) is 2.90. The van der Waals surface area contributed by atoms with E-state index >= 15 is 0 Å². The van der Waals surface area contributed by atoms with Crippen molar-refractivity contribution in [2.24, 2.45) is 4.99 Å². The van der Waals surface area contributed by atoms with Crippen molar-refractivity contribution in [3.05, 3.63) is 71.0 Å². The summed E-state index contributed by atoms with van der Waals surface area (Å²) in [6.45, 7) is 10.4. The van der Waals surface area contributed by atoms with Crippen LogP contribution in [0.3, 0.4) is 0 Å². The van der Waals surface area contributed by atoms with Crippen LogP contribution in [0.2, 0.25) is 0 Å². The monoisotopic (exact) mass is 526 g/mol. The van der Waals surface area contributed by atoms with Gasteiger partial charge in [0.25, 0.3) is 5.91 Å². The van der Waals surface area contributed by atoms with Gasteiger partial charge in [-0.2, -0.15) is 0 Å². The SMILES string of the molecule is CCNC(=O)c1cccc(CN=C(NCC)NCC(C)(C)c2cccc(F)c2)c1.I. The summed E-state index contributed by atoms with van der Waals surface area (Å²) < 4.78 is 13.6. The van der Waals surface area contributed by atoms with Gasteiger partial charge in [0.15, 0.2) is 5.96 Å². The number of aliphatic imine (C=N–C) groups is 1. The molecule has 1 amide bonds. The fraction of sp³-hybridized carbons (Fsp3) is 0.391. The highest BCUT2D eigenvalue weighted by atomic mass is 127. The van der Waals surface area contributed by atoms with Crippen LogP contribution >= 0.6 is 24.0 Å². The van der Waals surface area contributed by atoms with Crippen molar-refractivity contribution in [3.63, 3.8) is 0 Å². The third-order valence-corrected chi connectivity index (χ3v) is 4.59. The number of nitrogens with one attached hydrogen (secondary N) is 3. The quantitative estimate of drug-likeness (QED) is 0.274. The van der Waals surface area contributed by atoms with Crippen LogP contribution in [0.4, 0.5) is 4.39 Å². The molecule has 30 heavy (non-hydrogen) atoms. The second kappa shape index (κ2) is 12.5. The van der Waals surface area contributed by atoms with Crippen molar-refractivity contribution < 1.29 is 9.18 Å². The number of halogens is 2. The average molecular weight is 526 g/mol. The summed E-state index contributed by atoms with van der Waals surface area (Å²) in [5.74, 6) is 0.365. The van der Waals surface area contributed by atoms with Crippen LogP contribution < -0.4 is 16.0 Å². The summed E-state index contributed by atoms with van der Waals surface area (Å²) in [5, 5.41) is 9.38. The molecule has 3 N–H and O–H groups in total. The van der Waals surface area contributed by atoms with E-state index in [1.54, 1.807) is 18.2 Å². The normalized spacial score (nSPS) is 11.4. The number of nitrogens with zero attached hydrogens (tertiary/aromatic N) is 1. The number of hydrogen-bond donors (Lipinski definition) is 3. The Labute approximate surface area is 196 Å². The molecule has 7 heteroatoms. The van der Waals surface area contributed by atoms with Crippen LogP contribution in [-0.4, -0.2) is 31.5 Å². The topological polar surface area (TPSA) is 65.5 Å². The van der Waals surface area contributed by atoms with Gasteiger partial charge in [-0.1, -0.05) is 38.1 Å².